The Morgan fingerprint density at radius 1 is 1.40 bits per heavy atom. The molecule has 0 amide bonds. The van der Waals surface area contributed by atoms with Gasteiger partial charge in [-0.3, -0.25) is 4.79 Å². The Morgan fingerprint density at radius 2 is 2.05 bits per heavy atom. The number of methoxy groups -OCH3 is 1. The molecule has 1 aromatic rings. The lowest BCUT2D eigenvalue weighted by atomic mass is 10.1. The lowest BCUT2D eigenvalue weighted by Gasteiger charge is -2.13. The van der Waals surface area contributed by atoms with Crippen LogP contribution in [0.15, 0.2) is 24.3 Å². The van der Waals surface area contributed by atoms with Crippen molar-refractivity contribution >= 4 is 18.4 Å². The number of benzene rings is 1. The third-order valence-corrected chi connectivity index (χ3v) is 2.27. The van der Waals surface area contributed by atoms with Crippen LogP contribution < -0.4 is 10.5 Å². The van der Waals surface area contributed by atoms with Crippen molar-refractivity contribution in [3.05, 3.63) is 29.8 Å². The summed E-state index contributed by atoms with van der Waals surface area (Å²) in [5.41, 5.74) is 6.16. The van der Waals surface area contributed by atoms with Gasteiger partial charge in [0.25, 0.3) is 0 Å². The minimum absolute atomic E-state index is 0. The van der Waals surface area contributed by atoms with Gasteiger partial charge in [-0.2, -0.15) is 13.2 Å². The summed E-state index contributed by atoms with van der Waals surface area (Å²) in [5, 5.41) is 0. The topological polar surface area (TPSA) is 61.5 Å². The summed E-state index contributed by atoms with van der Waals surface area (Å²) in [6, 6.07) is 5.60. The van der Waals surface area contributed by atoms with Gasteiger partial charge in [0.2, 0.25) is 0 Å². The van der Waals surface area contributed by atoms with Crippen LogP contribution in [-0.2, 0) is 16.0 Å². The molecule has 0 unspecified atom stereocenters. The van der Waals surface area contributed by atoms with Gasteiger partial charge >= 0.3 is 12.1 Å². The standard InChI is InChI=1S/C12H14F3NO3.ClH/c1-18-9-4-2-3-8(5-9)6-10(16)11(17)19-7-12(13,14)15;/h2-5,10H,6-7,16H2,1H3;1H/t10-;/m0./s1. The summed E-state index contributed by atoms with van der Waals surface area (Å²) >= 11 is 0. The molecule has 0 aliphatic rings. The lowest BCUT2D eigenvalue weighted by Crippen LogP contribution is -2.36. The summed E-state index contributed by atoms with van der Waals surface area (Å²) < 4.78 is 44.7. The van der Waals surface area contributed by atoms with E-state index in [1.54, 1.807) is 24.3 Å². The molecule has 0 fully saturated rings. The fourth-order valence-electron chi connectivity index (χ4n) is 1.40. The van der Waals surface area contributed by atoms with E-state index < -0.39 is 24.8 Å². The Morgan fingerprint density at radius 3 is 2.60 bits per heavy atom. The molecule has 4 nitrogen and oxygen atoms in total. The third kappa shape index (κ3) is 6.63. The van der Waals surface area contributed by atoms with E-state index in [1.165, 1.54) is 7.11 Å². The van der Waals surface area contributed by atoms with Crippen molar-refractivity contribution in [1.29, 1.82) is 0 Å². The highest BCUT2D eigenvalue weighted by Crippen LogP contribution is 2.16. The van der Waals surface area contributed by atoms with Gasteiger partial charge in [-0.25, -0.2) is 0 Å². The van der Waals surface area contributed by atoms with E-state index in [4.69, 9.17) is 10.5 Å². The molecule has 0 aromatic heterocycles. The highest BCUT2D eigenvalue weighted by Gasteiger charge is 2.30. The highest BCUT2D eigenvalue weighted by molar-refractivity contribution is 5.85. The molecule has 20 heavy (non-hydrogen) atoms. The number of hydrogen-bond donors (Lipinski definition) is 1. The number of alkyl halides is 3. The predicted molar refractivity (Wildman–Crippen MR) is 68.9 cm³/mol. The molecule has 1 rings (SSSR count). The smallest absolute Gasteiger partial charge is 0.422 e. The first-order valence-corrected chi connectivity index (χ1v) is 5.43. The maximum atomic E-state index is 11.9. The average molecular weight is 314 g/mol. The van der Waals surface area contributed by atoms with E-state index in [1.807, 2.05) is 0 Å². The number of ether oxygens (including phenoxy) is 2. The van der Waals surface area contributed by atoms with E-state index in [0.717, 1.165) is 0 Å². The second-order valence-corrected chi connectivity index (χ2v) is 3.89. The fraction of sp³-hybridized carbons (Fsp3) is 0.417. The van der Waals surface area contributed by atoms with Crippen molar-refractivity contribution in [1.82, 2.24) is 0 Å². The molecule has 0 saturated carbocycles. The summed E-state index contributed by atoms with van der Waals surface area (Å²) in [6.07, 6.45) is -4.47. The van der Waals surface area contributed by atoms with Gasteiger partial charge in [-0.05, 0) is 24.1 Å². The third-order valence-electron chi connectivity index (χ3n) is 2.27. The van der Waals surface area contributed by atoms with Crippen LogP contribution in [0, 0.1) is 0 Å². The minimum atomic E-state index is -4.55. The first kappa shape index (κ1) is 18.5. The number of carbonyl (C=O) groups excluding carboxylic acids is 1. The number of halogens is 4. The van der Waals surface area contributed by atoms with Gasteiger partial charge in [0, 0.05) is 0 Å². The van der Waals surface area contributed by atoms with E-state index in [-0.39, 0.29) is 18.8 Å². The fourth-order valence-corrected chi connectivity index (χ4v) is 1.40. The van der Waals surface area contributed by atoms with Crippen LogP contribution in [-0.4, -0.2) is 31.9 Å². The Hall–Kier alpha value is -1.47. The average Bonchev–Trinajstić information content (AvgIpc) is 2.35. The van der Waals surface area contributed by atoms with Gasteiger partial charge < -0.3 is 15.2 Å². The zero-order valence-electron chi connectivity index (χ0n) is 10.6. The van der Waals surface area contributed by atoms with E-state index in [2.05, 4.69) is 4.74 Å². The number of rotatable bonds is 5. The van der Waals surface area contributed by atoms with Gasteiger partial charge in [0.05, 0.1) is 7.11 Å². The maximum absolute atomic E-state index is 11.9. The first-order valence-electron chi connectivity index (χ1n) is 5.43. The quantitative estimate of drug-likeness (QED) is 0.846. The Balaban J connectivity index is 0.00000361. The van der Waals surface area contributed by atoms with Crippen LogP contribution in [0.4, 0.5) is 13.2 Å². The second kappa shape index (κ2) is 7.96. The van der Waals surface area contributed by atoms with Crippen molar-refractivity contribution in [2.75, 3.05) is 13.7 Å². The van der Waals surface area contributed by atoms with Gasteiger partial charge in [0.1, 0.15) is 11.8 Å². The first-order chi connectivity index (χ1) is 8.81. The number of esters is 1. The molecule has 0 saturated heterocycles. The molecule has 1 aromatic carbocycles. The molecule has 2 N–H and O–H groups in total. The van der Waals surface area contributed by atoms with Crippen molar-refractivity contribution in [2.45, 2.75) is 18.6 Å². The Kier molecular flexibility index (Phi) is 7.38. The Bertz CT molecular complexity index is 440. The van der Waals surface area contributed by atoms with Crippen LogP contribution in [0.25, 0.3) is 0 Å². The van der Waals surface area contributed by atoms with Gasteiger partial charge in [-0.15, -0.1) is 12.4 Å². The number of hydrogen-bond acceptors (Lipinski definition) is 4. The molecule has 0 aliphatic carbocycles. The molecular weight excluding hydrogens is 299 g/mol. The van der Waals surface area contributed by atoms with Crippen LogP contribution >= 0.6 is 12.4 Å². The van der Waals surface area contributed by atoms with Crippen LogP contribution in [0.2, 0.25) is 0 Å². The predicted octanol–water partition coefficient (Wildman–Crippen LogP) is 2.09. The zero-order valence-corrected chi connectivity index (χ0v) is 11.5. The van der Waals surface area contributed by atoms with Crippen molar-refractivity contribution < 1.29 is 27.4 Å². The molecule has 0 aliphatic heterocycles. The highest BCUT2D eigenvalue weighted by atomic mass is 35.5. The van der Waals surface area contributed by atoms with Crippen molar-refractivity contribution in [2.24, 2.45) is 5.73 Å². The van der Waals surface area contributed by atoms with E-state index in [0.29, 0.717) is 11.3 Å². The number of carbonyl (C=O) groups is 1. The van der Waals surface area contributed by atoms with Crippen LogP contribution in [0.3, 0.4) is 0 Å². The SMILES string of the molecule is COc1cccc(C[C@H](N)C(=O)OCC(F)(F)F)c1.Cl. The molecule has 1 atom stereocenters. The molecule has 8 heteroatoms. The Labute approximate surface area is 120 Å². The molecule has 0 bridgehead atoms. The molecule has 0 heterocycles. The lowest BCUT2D eigenvalue weighted by molar-refractivity contribution is -0.187. The largest absolute Gasteiger partial charge is 0.497 e. The van der Waals surface area contributed by atoms with Crippen LogP contribution in [0.1, 0.15) is 5.56 Å². The molecule has 0 radical (unpaired) electrons. The van der Waals surface area contributed by atoms with E-state index in [9.17, 15) is 18.0 Å². The van der Waals surface area contributed by atoms with Crippen LogP contribution in [0.5, 0.6) is 5.75 Å². The monoisotopic (exact) mass is 313 g/mol. The minimum Gasteiger partial charge on any atom is -0.497 e. The summed E-state index contributed by atoms with van der Waals surface area (Å²) in [6.45, 7) is -1.63. The van der Waals surface area contributed by atoms with Gasteiger partial charge in [-0.1, -0.05) is 12.1 Å². The normalized spacial score (nSPS) is 12.2. The van der Waals surface area contributed by atoms with E-state index >= 15 is 0 Å². The zero-order chi connectivity index (χ0) is 14.5. The number of nitrogens with two attached hydrogens (primary N) is 1. The molecular formula is C12H15ClF3NO3. The second-order valence-electron chi connectivity index (χ2n) is 3.89. The summed E-state index contributed by atoms with van der Waals surface area (Å²) in [4.78, 5) is 11.3. The molecule has 0 spiro atoms. The van der Waals surface area contributed by atoms with Crippen molar-refractivity contribution in [3.63, 3.8) is 0 Å². The summed E-state index contributed by atoms with van der Waals surface area (Å²) in [7, 11) is 1.48. The molecule has 114 valence electrons. The summed E-state index contributed by atoms with van der Waals surface area (Å²) in [5.74, 6) is -0.506. The van der Waals surface area contributed by atoms with Gasteiger partial charge in [0.15, 0.2) is 6.61 Å². The maximum Gasteiger partial charge on any atom is 0.422 e. The van der Waals surface area contributed by atoms with Crippen molar-refractivity contribution in [3.8, 4) is 5.75 Å².